The van der Waals surface area contributed by atoms with Gasteiger partial charge in [0.05, 0.1) is 38.3 Å². The first-order valence-electron chi connectivity index (χ1n) is 24.3. The van der Waals surface area contributed by atoms with Gasteiger partial charge in [-0.3, -0.25) is 0 Å². The van der Waals surface area contributed by atoms with Crippen LogP contribution in [0, 0.1) is 0 Å². The van der Waals surface area contributed by atoms with Gasteiger partial charge in [0.15, 0.2) is 0 Å². The van der Waals surface area contributed by atoms with Crippen molar-refractivity contribution >= 4 is 54.5 Å². The van der Waals surface area contributed by atoms with E-state index < -0.39 is 228 Å². The van der Waals surface area contributed by atoms with Crippen molar-refractivity contribution in [1.82, 2.24) is 0 Å². The molecule has 2 heteroatoms. The van der Waals surface area contributed by atoms with Gasteiger partial charge < -0.3 is 8.83 Å². The van der Waals surface area contributed by atoms with Crippen LogP contribution in [0.4, 0.5) is 0 Å². The summed E-state index contributed by atoms with van der Waals surface area (Å²) in [6.45, 7) is 0. The summed E-state index contributed by atoms with van der Waals surface area (Å²) in [4.78, 5) is 0. The summed E-state index contributed by atoms with van der Waals surface area (Å²) in [6.07, 6.45) is 0. The first kappa shape index (κ1) is 9.75. The van der Waals surface area contributed by atoms with Gasteiger partial charge in [-0.15, -0.1) is 0 Å². The second-order valence-corrected chi connectivity index (χ2v) is 9.02. The van der Waals surface area contributed by atoms with E-state index >= 15 is 0 Å². The Balaban J connectivity index is 1.70. The van der Waals surface area contributed by atoms with Crippen LogP contribution in [0.3, 0.4) is 0 Å². The molecule has 0 aliphatic carbocycles. The first-order chi connectivity index (χ1) is 30.8. The Morgan fingerprint density at radius 3 is 1.48 bits per heavy atom. The van der Waals surface area contributed by atoms with E-state index in [0.717, 1.165) is 0 Å². The summed E-state index contributed by atoms with van der Waals surface area (Å²) in [5.41, 5.74) is -5.16. The Bertz CT molecular complexity index is 3670. The summed E-state index contributed by atoms with van der Waals surface area (Å²) in [6, 6.07) is -21.3. The van der Waals surface area contributed by atoms with Crippen LogP contribution >= 0.6 is 0 Å². The Morgan fingerprint density at radius 1 is 0.357 bits per heavy atom. The van der Waals surface area contributed by atoms with Crippen molar-refractivity contribution in [3.05, 3.63) is 145 Å². The van der Waals surface area contributed by atoms with Crippen molar-refractivity contribution in [2.45, 2.75) is 0 Å². The Kier molecular flexibility index (Phi) is 2.08. The molecule has 0 saturated heterocycles. The predicted octanol–water partition coefficient (Wildman–Crippen LogP) is 11.6. The van der Waals surface area contributed by atoms with Gasteiger partial charge in [0.25, 0.3) is 0 Å². The van der Waals surface area contributed by atoms with Gasteiger partial charge in [-0.05, 0) is 56.4 Å². The molecule has 0 radical (unpaired) electrons. The fraction of sp³-hybridized carbons (Fsp3) is 0. The monoisotopic (exact) mass is 560 g/mol. The maximum atomic E-state index is 9.41. The molecule has 0 atom stereocenters. The van der Waals surface area contributed by atoms with Crippen molar-refractivity contribution in [3.8, 4) is 33.6 Å². The zero-order valence-electron chi connectivity index (χ0n) is 44.8. The van der Waals surface area contributed by atoms with Gasteiger partial charge in [0, 0.05) is 21.9 Å². The smallest absolute Gasteiger partial charge is 0.147 e. The molecule has 0 bridgehead atoms. The van der Waals surface area contributed by atoms with E-state index in [9.17, 15) is 6.85 Å². The first-order valence-corrected chi connectivity index (χ1v) is 12.3. The molecule has 0 N–H and O–H groups in total. The molecular weight excluding hydrogens is 512 g/mol. The van der Waals surface area contributed by atoms with E-state index in [1.807, 2.05) is 0 Å². The average molecular weight is 561 g/mol. The number of hydrogen-bond acceptors (Lipinski definition) is 2. The van der Waals surface area contributed by atoms with Crippen LogP contribution in [-0.2, 0) is 0 Å². The number of rotatable bonds is 3. The highest BCUT2D eigenvalue weighted by Gasteiger charge is 2.26. The van der Waals surface area contributed by atoms with Crippen molar-refractivity contribution in [3.63, 3.8) is 0 Å². The quantitative estimate of drug-likeness (QED) is 0.201. The molecule has 9 aromatic rings. The highest BCUT2D eigenvalue weighted by molar-refractivity contribution is 6.25. The molecule has 0 spiro atoms. The largest absolute Gasteiger partial charge is 0.455 e. The van der Waals surface area contributed by atoms with Crippen molar-refractivity contribution in [2.24, 2.45) is 0 Å². The Hall–Kier alpha value is -5.60. The summed E-state index contributed by atoms with van der Waals surface area (Å²) in [5, 5.41) is -4.02. The van der Waals surface area contributed by atoms with Crippen LogP contribution in [0.25, 0.3) is 88.0 Å². The van der Waals surface area contributed by atoms with Gasteiger partial charge in [-0.2, -0.15) is 0 Å². The molecular formula is C40H24O2. The van der Waals surface area contributed by atoms with Crippen molar-refractivity contribution in [1.29, 1.82) is 0 Å². The van der Waals surface area contributed by atoms with Gasteiger partial charge in [-0.25, -0.2) is 0 Å². The molecule has 0 saturated carbocycles. The third kappa shape index (κ3) is 3.27. The predicted molar refractivity (Wildman–Crippen MR) is 175 cm³/mol. The number of para-hydroxylation sites is 1. The van der Waals surface area contributed by atoms with E-state index in [1.165, 1.54) is 0 Å². The molecule has 0 amide bonds. The topological polar surface area (TPSA) is 26.3 Å². The molecule has 196 valence electrons. The van der Waals surface area contributed by atoms with Gasteiger partial charge in [-0.1, -0.05) is 127 Å². The standard InChI is InChI=1S/C40H24O2/c1-3-13-25(14-4-1)35-28-18-7-9-20-30(28)37(31-21-10-8-19-29(31)35)40-36(26-15-5-2-6-16-26)38-34(42-40)24-23-32-27-17-11-12-22-33(27)41-39(32)38/h1-24H/i1D,2D,3D,4D,5D,6D,7D,8D,9D,10D,11D,12D,13D,14D,15D,16D,17D,18D,19D,20D,21D,22D,23D,24D. The van der Waals surface area contributed by atoms with Crippen LogP contribution in [0.15, 0.2) is 154 Å². The van der Waals surface area contributed by atoms with Crippen LogP contribution in [0.2, 0.25) is 0 Å². The van der Waals surface area contributed by atoms with Gasteiger partial charge >= 0.3 is 0 Å². The average Bonchev–Trinajstić information content (AvgIpc) is 3.88. The summed E-state index contributed by atoms with van der Waals surface area (Å²) >= 11 is 0. The maximum Gasteiger partial charge on any atom is 0.147 e. The lowest BCUT2D eigenvalue weighted by Crippen LogP contribution is -1.91. The van der Waals surface area contributed by atoms with Crippen molar-refractivity contribution in [2.75, 3.05) is 0 Å². The minimum Gasteiger partial charge on any atom is -0.455 e. The zero-order valence-corrected chi connectivity index (χ0v) is 20.8. The third-order valence-electron chi connectivity index (χ3n) is 6.87. The minimum absolute atomic E-state index is 0.381. The van der Waals surface area contributed by atoms with Gasteiger partial charge in [0.2, 0.25) is 0 Å². The lowest BCUT2D eigenvalue weighted by atomic mass is 9.86. The van der Waals surface area contributed by atoms with Crippen LogP contribution in [0.5, 0.6) is 0 Å². The molecule has 2 nitrogen and oxygen atoms in total. The molecule has 9 rings (SSSR count). The number of benzene rings is 7. The van der Waals surface area contributed by atoms with E-state index in [2.05, 4.69) is 0 Å². The molecule has 7 aromatic carbocycles. The lowest BCUT2D eigenvalue weighted by molar-refractivity contribution is 0.633. The SMILES string of the molecule is [2H]c1c([2H])c([2H])c(-c2c3c([2H])c([2H])c([2H])c([2H])c3c(-c3oc4c([2H])c([2H])c5c(oc6c([2H])c([2H])c([2H])c([2H])c65)c4c3-c3c([2H])c([2H])c([2H])c([2H])c3[2H])c3c([2H])c([2H])c([2H])c([2H])c23)c([2H])c1[2H]. The second-order valence-electron chi connectivity index (χ2n) is 9.02. The van der Waals surface area contributed by atoms with Crippen LogP contribution < -0.4 is 0 Å². The Morgan fingerprint density at radius 2 is 0.857 bits per heavy atom. The molecule has 0 aliphatic heterocycles. The van der Waals surface area contributed by atoms with Gasteiger partial charge in [0.1, 0.15) is 22.5 Å². The normalized spacial score (nSPS) is 19.8. The molecule has 2 aromatic heterocycles. The minimum atomic E-state index is -0.959. The lowest BCUT2D eigenvalue weighted by Gasteiger charge is -2.17. The zero-order chi connectivity index (χ0) is 48.5. The fourth-order valence-electron chi connectivity index (χ4n) is 5.24. The second kappa shape index (κ2) is 8.95. The maximum absolute atomic E-state index is 9.41. The van der Waals surface area contributed by atoms with Crippen LogP contribution in [0.1, 0.15) is 32.9 Å². The summed E-state index contributed by atoms with van der Waals surface area (Å²) in [7, 11) is 0. The summed E-state index contributed by atoms with van der Waals surface area (Å²) in [5.74, 6) is -0.790. The molecule has 0 unspecified atom stereocenters. The number of fused-ring (bicyclic) bond motifs is 7. The van der Waals surface area contributed by atoms with E-state index in [4.69, 9.17) is 34.9 Å². The Labute approximate surface area is 275 Å². The summed E-state index contributed by atoms with van der Waals surface area (Å²) < 4.78 is 225. The molecule has 0 aliphatic rings. The molecule has 0 fully saturated rings. The molecule has 2 heterocycles. The van der Waals surface area contributed by atoms with E-state index in [-0.39, 0.29) is 5.39 Å². The fourth-order valence-corrected chi connectivity index (χ4v) is 5.24. The van der Waals surface area contributed by atoms with Crippen molar-refractivity contribution < 1.29 is 41.7 Å². The van der Waals surface area contributed by atoms with E-state index in [1.54, 1.807) is 0 Å². The highest BCUT2D eigenvalue weighted by atomic mass is 16.3. The van der Waals surface area contributed by atoms with E-state index in [0.29, 0.717) is 0 Å². The molecule has 42 heavy (non-hydrogen) atoms. The number of hydrogen-bond donors (Lipinski definition) is 0. The van der Waals surface area contributed by atoms with Crippen LogP contribution in [-0.4, -0.2) is 0 Å². The third-order valence-corrected chi connectivity index (χ3v) is 6.87. The number of furan rings is 2. The highest BCUT2D eigenvalue weighted by Crippen LogP contribution is 2.50.